The number of hydrogen-bond acceptors (Lipinski definition) is 1. The summed E-state index contributed by atoms with van der Waals surface area (Å²) in [6, 6.07) is 0. The highest BCUT2D eigenvalue weighted by molar-refractivity contribution is 5.77. The Morgan fingerprint density at radius 2 is 2.30 bits per heavy atom. The molecule has 0 radical (unpaired) electrons. The van der Waals surface area contributed by atoms with Crippen molar-refractivity contribution in [1.82, 2.24) is 5.32 Å². The van der Waals surface area contributed by atoms with Gasteiger partial charge in [0, 0.05) is 13.6 Å². The summed E-state index contributed by atoms with van der Waals surface area (Å²) in [6.07, 6.45) is 1.39. The summed E-state index contributed by atoms with van der Waals surface area (Å²) in [4.78, 5) is 3.68. The molecule has 0 aliphatic heterocycles. The molecule has 0 fully saturated rings. The van der Waals surface area contributed by atoms with E-state index < -0.39 is 0 Å². The van der Waals surface area contributed by atoms with Crippen molar-refractivity contribution in [1.29, 1.82) is 0 Å². The maximum atomic E-state index is 11.5. The van der Waals surface area contributed by atoms with Gasteiger partial charge in [0.2, 0.25) is 0 Å². The first kappa shape index (κ1) is 9.20. The number of nitrogens with two attached hydrogens (primary N) is 1. The van der Waals surface area contributed by atoms with Gasteiger partial charge in [0.05, 0.1) is 6.67 Å². The highest BCUT2D eigenvalue weighted by Gasteiger charge is 1.88. The number of nitrogens with one attached hydrogen (secondary N) is 1. The van der Waals surface area contributed by atoms with Gasteiger partial charge in [-0.25, -0.2) is 0 Å². The first-order chi connectivity index (χ1) is 4.81. The van der Waals surface area contributed by atoms with Crippen molar-refractivity contribution in [3.8, 4) is 0 Å². The number of halogens is 1. The smallest absolute Gasteiger partial charge is 0.188 e. The van der Waals surface area contributed by atoms with E-state index in [1.165, 1.54) is 0 Å². The fourth-order valence-electron chi connectivity index (χ4n) is 0.515. The Labute approximate surface area is 60.5 Å². The molecule has 0 aromatic heterocycles. The first-order valence-corrected chi connectivity index (χ1v) is 3.33. The molecule has 0 bridgehead atoms. The van der Waals surface area contributed by atoms with Crippen LogP contribution in [0.15, 0.2) is 4.99 Å². The molecule has 0 saturated heterocycles. The van der Waals surface area contributed by atoms with Gasteiger partial charge in [0.25, 0.3) is 0 Å². The van der Waals surface area contributed by atoms with Crippen LogP contribution in [0.25, 0.3) is 0 Å². The van der Waals surface area contributed by atoms with Crippen molar-refractivity contribution >= 4 is 5.96 Å². The summed E-state index contributed by atoms with van der Waals surface area (Å²) in [5, 5.41) is 2.83. The topological polar surface area (TPSA) is 50.4 Å². The largest absolute Gasteiger partial charge is 0.370 e. The third-order valence-electron chi connectivity index (χ3n) is 1.11. The molecule has 0 aromatic rings. The molecular weight excluding hydrogens is 133 g/mol. The van der Waals surface area contributed by atoms with E-state index >= 15 is 0 Å². The number of guanidine groups is 1. The fraction of sp³-hybridized carbons (Fsp3) is 0.833. The predicted octanol–water partition coefficient (Wildman–Crippen LogP) is 0.270. The van der Waals surface area contributed by atoms with Gasteiger partial charge >= 0.3 is 0 Å². The summed E-state index contributed by atoms with van der Waals surface area (Å²) in [7, 11) is 1.61. The van der Waals surface area contributed by atoms with E-state index in [2.05, 4.69) is 10.3 Å². The molecule has 0 atom stereocenters. The molecule has 4 heteroatoms. The number of rotatable bonds is 4. The van der Waals surface area contributed by atoms with Gasteiger partial charge in [-0.05, 0) is 12.8 Å². The second kappa shape index (κ2) is 6.32. The monoisotopic (exact) mass is 147 g/mol. The van der Waals surface area contributed by atoms with Gasteiger partial charge in [-0.2, -0.15) is 0 Å². The van der Waals surface area contributed by atoms with E-state index in [-0.39, 0.29) is 6.67 Å². The van der Waals surface area contributed by atoms with Crippen molar-refractivity contribution in [2.75, 3.05) is 20.3 Å². The summed E-state index contributed by atoms with van der Waals surface area (Å²) < 4.78 is 11.5. The summed E-state index contributed by atoms with van der Waals surface area (Å²) >= 11 is 0. The van der Waals surface area contributed by atoms with Crippen LogP contribution in [0, 0.1) is 0 Å². The Kier molecular flexibility index (Phi) is 5.82. The quantitative estimate of drug-likeness (QED) is 0.340. The van der Waals surface area contributed by atoms with E-state index in [0.717, 1.165) is 6.42 Å². The molecule has 10 heavy (non-hydrogen) atoms. The number of unbranched alkanes of at least 4 members (excludes halogenated alkanes) is 1. The molecule has 0 amide bonds. The van der Waals surface area contributed by atoms with Crippen LogP contribution in [0.5, 0.6) is 0 Å². The van der Waals surface area contributed by atoms with Crippen molar-refractivity contribution in [3.05, 3.63) is 0 Å². The summed E-state index contributed by atoms with van der Waals surface area (Å²) in [5.41, 5.74) is 5.30. The number of nitrogens with zero attached hydrogens (tertiary/aromatic N) is 1. The zero-order valence-corrected chi connectivity index (χ0v) is 6.23. The maximum absolute atomic E-state index is 11.5. The Morgan fingerprint density at radius 3 is 2.80 bits per heavy atom. The molecule has 3 N–H and O–H groups in total. The van der Waals surface area contributed by atoms with Crippen LogP contribution < -0.4 is 11.1 Å². The van der Waals surface area contributed by atoms with Gasteiger partial charge in [-0.15, -0.1) is 0 Å². The predicted molar refractivity (Wildman–Crippen MR) is 40.8 cm³/mol. The minimum Gasteiger partial charge on any atom is -0.370 e. The third-order valence-corrected chi connectivity index (χ3v) is 1.11. The van der Waals surface area contributed by atoms with Crippen LogP contribution >= 0.6 is 0 Å². The lowest BCUT2D eigenvalue weighted by Crippen LogP contribution is -2.32. The Balaban J connectivity index is 3.04. The first-order valence-electron chi connectivity index (χ1n) is 3.33. The van der Waals surface area contributed by atoms with Gasteiger partial charge in [0.15, 0.2) is 5.96 Å². The lowest BCUT2D eigenvalue weighted by atomic mass is 10.3. The molecule has 0 saturated carbocycles. The van der Waals surface area contributed by atoms with E-state index in [1.54, 1.807) is 7.05 Å². The second-order valence-corrected chi connectivity index (χ2v) is 1.93. The van der Waals surface area contributed by atoms with Crippen molar-refractivity contribution in [2.45, 2.75) is 12.8 Å². The SMILES string of the molecule is CN=C(N)NCCCCF. The van der Waals surface area contributed by atoms with Crippen LogP contribution in [0.2, 0.25) is 0 Å². The van der Waals surface area contributed by atoms with Crippen LogP contribution in [0.3, 0.4) is 0 Å². The van der Waals surface area contributed by atoms with Crippen molar-refractivity contribution in [3.63, 3.8) is 0 Å². The number of hydrogen-bond donors (Lipinski definition) is 2. The Bertz CT molecular complexity index is 103. The van der Waals surface area contributed by atoms with Gasteiger partial charge in [-0.1, -0.05) is 0 Å². The molecule has 60 valence electrons. The number of aliphatic imine (C=N–C) groups is 1. The van der Waals surface area contributed by atoms with Crippen LogP contribution in [0.4, 0.5) is 4.39 Å². The van der Waals surface area contributed by atoms with Gasteiger partial charge in [-0.3, -0.25) is 9.38 Å². The van der Waals surface area contributed by atoms with E-state index in [1.807, 2.05) is 0 Å². The average molecular weight is 147 g/mol. The Hall–Kier alpha value is -0.800. The van der Waals surface area contributed by atoms with E-state index in [0.29, 0.717) is 18.9 Å². The Morgan fingerprint density at radius 1 is 1.60 bits per heavy atom. The molecular formula is C6H14FN3. The summed E-state index contributed by atoms with van der Waals surface area (Å²) in [5.74, 6) is 0.416. The lowest BCUT2D eigenvalue weighted by Gasteiger charge is -2.01. The van der Waals surface area contributed by atoms with Crippen LogP contribution in [0.1, 0.15) is 12.8 Å². The second-order valence-electron chi connectivity index (χ2n) is 1.93. The van der Waals surface area contributed by atoms with Gasteiger partial charge in [0.1, 0.15) is 0 Å². The molecule has 0 aliphatic carbocycles. The minimum absolute atomic E-state index is 0.259. The lowest BCUT2D eigenvalue weighted by molar-refractivity contribution is 0.461. The summed E-state index contributed by atoms with van der Waals surface area (Å²) in [6.45, 7) is 0.442. The third kappa shape index (κ3) is 5.34. The standard InChI is InChI=1S/C6H14FN3/c1-9-6(8)10-5-3-2-4-7/h2-5H2,1H3,(H3,8,9,10). The highest BCUT2D eigenvalue weighted by atomic mass is 19.1. The van der Waals surface area contributed by atoms with Crippen LogP contribution in [-0.2, 0) is 0 Å². The minimum atomic E-state index is -0.259. The zero-order valence-electron chi connectivity index (χ0n) is 6.23. The van der Waals surface area contributed by atoms with Crippen LogP contribution in [-0.4, -0.2) is 26.2 Å². The molecule has 0 aliphatic rings. The molecule has 0 unspecified atom stereocenters. The van der Waals surface area contributed by atoms with Gasteiger partial charge < -0.3 is 11.1 Å². The molecule has 0 heterocycles. The normalized spacial score (nSPS) is 11.6. The zero-order chi connectivity index (χ0) is 7.82. The molecule has 0 rings (SSSR count). The number of alkyl halides is 1. The highest BCUT2D eigenvalue weighted by Crippen LogP contribution is 1.85. The van der Waals surface area contributed by atoms with E-state index in [4.69, 9.17) is 5.73 Å². The fourth-order valence-corrected chi connectivity index (χ4v) is 0.515. The average Bonchev–Trinajstić information content (AvgIpc) is 1.98. The molecule has 0 spiro atoms. The van der Waals surface area contributed by atoms with E-state index in [9.17, 15) is 4.39 Å². The van der Waals surface area contributed by atoms with Crippen molar-refractivity contribution in [2.24, 2.45) is 10.7 Å². The molecule has 0 aromatic carbocycles. The molecule has 3 nitrogen and oxygen atoms in total. The van der Waals surface area contributed by atoms with Crippen molar-refractivity contribution < 1.29 is 4.39 Å². The maximum Gasteiger partial charge on any atom is 0.188 e.